The second-order valence-corrected chi connectivity index (χ2v) is 3.94. The van der Waals surface area contributed by atoms with Gasteiger partial charge in [-0.3, -0.25) is 0 Å². The average Bonchev–Trinajstić information content (AvgIpc) is 2.79. The lowest BCUT2D eigenvalue weighted by Gasteiger charge is -1.99. The summed E-state index contributed by atoms with van der Waals surface area (Å²) < 4.78 is 18.7. The summed E-state index contributed by atoms with van der Waals surface area (Å²) in [5.74, 6) is 1.17. The van der Waals surface area contributed by atoms with Crippen LogP contribution in [0.4, 0.5) is 4.39 Å². The summed E-state index contributed by atoms with van der Waals surface area (Å²) in [6.07, 6.45) is 2.42. The molecule has 2 rings (SSSR count). The van der Waals surface area contributed by atoms with E-state index in [4.69, 9.17) is 4.42 Å². The van der Waals surface area contributed by atoms with Crippen molar-refractivity contribution in [3.8, 4) is 11.3 Å². The summed E-state index contributed by atoms with van der Waals surface area (Å²) in [7, 11) is 1.88. The molecule has 0 aliphatic heterocycles. The van der Waals surface area contributed by atoms with E-state index in [0.29, 0.717) is 17.2 Å². The Hall–Kier alpha value is -1.68. The van der Waals surface area contributed by atoms with Crippen LogP contribution in [0.5, 0.6) is 0 Å². The number of nitrogens with zero attached hydrogens (tertiary/aromatic N) is 1. The zero-order chi connectivity index (χ0) is 12.3. The van der Waals surface area contributed by atoms with Crippen LogP contribution < -0.4 is 5.32 Å². The SMILES string of the molecule is CNCCc1ncc(-c2ccc(F)c(C)c2)o1. The first kappa shape index (κ1) is 11.8. The van der Waals surface area contributed by atoms with Gasteiger partial charge < -0.3 is 9.73 Å². The Morgan fingerprint density at radius 3 is 2.94 bits per heavy atom. The molecule has 0 fully saturated rings. The van der Waals surface area contributed by atoms with E-state index in [0.717, 1.165) is 18.5 Å². The highest BCUT2D eigenvalue weighted by molar-refractivity contribution is 5.57. The van der Waals surface area contributed by atoms with Gasteiger partial charge in [0.15, 0.2) is 11.7 Å². The number of hydrogen-bond acceptors (Lipinski definition) is 3. The van der Waals surface area contributed by atoms with Crippen LogP contribution in [0.3, 0.4) is 0 Å². The number of halogens is 1. The van der Waals surface area contributed by atoms with Gasteiger partial charge >= 0.3 is 0 Å². The van der Waals surface area contributed by atoms with E-state index in [9.17, 15) is 4.39 Å². The van der Waals surface area contributed by atoms with Gasteiger partial charge in [-0.25, -0.2) is 9.37 Å². The fourth-order valence-electron chi connectivity index (χ4n) is 1.59. The minimum atomic E-state index is -0.205. The number of likely N-dealkylation sites (N-methyl/N-ethyl adjacent to an activating group) is 1. The van der Waals surface area contributed by atoms with E-state index in [2.05, 4.69) is 10.3 Å². The second kappa shape index (κ2) is 5.10. The minimum absolute atomic E-state index is 0.205. The van der Waals surface area contributed by atoms with E-state index in [1.165, 1.54) is 6.07 Å². The lowest BCUT2D eigenvalue weighted by Crippen LogP contribution is -2.10. The van der Waals surface area contributed by atoms with Crippen LogP contribution in [0, 0.1) is 12.7 Å². The van der Waals surface area contributed by atoms with Crippen molar-refractivity contribution >= 4 is 0 Å². The van der Waals surface area contributed by atoms with Crippen molar-refractivity contribution in [1.29, 1.82) is 0 Å². The van der Waals surface area contributed by atoms with Gasteiger partial charge in [-0.15, -0.1) is 0 Å². The van der Waals surface area contributed by atoms with Gasteiger partial charge in [-0.05, 0) is 37.7 Å². The van der Waals surface area contributed by atoms with E-state index in [1.54, 1.807) is 25.3 Å². The Balaban J connectivity index is 2.21. The number of rotatable bonds is 4. The van der Waals surface area contributed by atoms with Crippen LogP contribution in [0.15, 0.2) is 28.8 Å². The number of hydrogen-bond donors (Lipinski definition) is 1. The fraction of sp³-hybridized carbons (Fsp3) is 0.308. The second-order valence-electron chi connectivity index (χ2n) is 3.94. The molecule has 4 heteroatoms. The molecule has 0 aliphatic rings. The Morgan fingerprint density at radius 2 is 2.24 bits per heavy atom. The highest BCUT2D eigenvalue weighted by Crippen LogP contribution is 2.22. The molecule has 17 heavy (non-hydrogen) atoms. The number of aryl methyl sites for hydroxylation is 1. The third-order valence-corrected chi connectivity index (χ3v) is 2.58. The molecule has 1 N–H and O–H groups in total. The standard InChI is InChI=1S/C13H15FN2O/c1-9-7-10(3-4-11(9)14)12-8-16-13(17-12)5-6-15-2/h3-4,7-8,15H,5-6H2,1-2H3. The first-order valence-electron chi connectivity index (χ1n) is 5.56. The Bertz CT molecular complexity index is 508. The summed E-state index contributed by atoms with van der Waals surface area (Å²) in [6, 6.07) is 4.91. The topological polar surface area (TPSA) is 38.1 Å². The molecule has 2 aromatic rings. The van der Waals surface area contributed by atoms with Crippen LogP contribution in [0.1, 0.15) is 11.5 Å². The molecule has 1 aromatic carbocycles. The lowest BCUT2D eigenvalue weighted by atomic mass is 10.1. The van der Waals surface area contributed by atoms with E-state index >= 15 is 0 Å². The molecule has 0 radical (unpaired) electrons. The molecule has 0 saturated carbocycles. The predicted molar refractivity (Wildman–Crippen MR) is 64.3 cm³/mol. The molecule has 0 spiro atoms. The van der Waals surface area contributed by atoms with Crippen molar-refractivity contribution < 1.29 is 8.81 Å². The molecule has 0 aliphatic carbocycles. The number of aromatic nitrogens is 1. The van der Waals surface area contributed by atoms with Gasteiger partial charge in [-0.2, -0.15) is 0 Å². The maximum Gasteiger partial charge on any atom is 0.196 e. The molecule has 0 amide bonds. The van der Waals surface area contributed by atoms with Crippen LogP contribution in [-0.2, 0) is 6.42 Å². The molecule has 0 atom stereocenters. The molecule has 90 valence electrons. The van der Waals surface area contributed by atoms with Crippen molar-refractivity contribution in [1.82, 2.24) is 10.3 Å². The summed E-state index contributed by atoms with van der Waals surface area (Å²) in [5, 5.41) is 3.03. The van der Waals surface area contributed by atoms with Crippen LogP contribution >= 0.6 is 0 Å². The molecular formula is C13H15FN2O. The van der Waals surface area contributed by atoms with Crippen molar-refractivity contribution in [2.24, 2.45) is 0 Å². The molecule has 0 bridgehead atoms. The number of benzene rings is 1. The molecule has 0 saturated heterocycles. The van der Waals surface area contributed by atoms with Gasteiger partial charge in [0.2, 0.25) is 0 Å². The largest absolute Gasteiger partial charge is 0.441 e. The molecule has 1 heterocycles. The average molecular weight is 234 g/mol. The highest BCUT2D eigenvalue weighted by atomic mass is 19.1. The van der Waals surface area contributed by atoms with Crippen molar-refractivity contribution in [3.05, 3.63) is 41.7 Å². The Morgan fingerprint density at radius 1 is 1.41 bits per heavy atom. The Kier molecular flexibility index (Phi) is 3.54. The normalized spacial score (nSPS) is 10.8. The summed E-state index contributed by atoms with van der Waals surface area (Å²) in [6.45, 7) is 2.56. The van der Waals surface area contributed by atoms with Gasteiger partial charge in [0, 0.05) is 18.5 Å². The molecule has 3 nitrogen and oxygen atoms in total. The first-order valence-corrected chi connectivity index (χ1v) is 5.56. The quantitative estimate of drug-likeness (QED) is 0.883. The van der Waals surface area contributed by atoms with E-state index in [1.807, 2.05) is 7.05 Å². The van der Waals surface area contributed by atoms with Crippen molar-refractivity contribution in [3.63, 3.8) is 0 Å². The van der Waals surface area contributed by atoms with Crippen molar-refractivity contribution in [2.75, 3.05) is 13.6 Å². The highest BCUT2D eigenvalue weighted by Gasteiger charge is 2.07. The fourth-order valence-corrected chi connectivity index (χ4v) is 1.59. The predicted octanol–water partition coefficient (Wildman–Crippen LogP) is 2.55. The summed E-state index contributed by atoms with van der Waals surface area (Å²) in [4.78, 5) is 4.18. The maximum atomic E-state index is 13.1. The van der Waals surface area contributed by atoms with Gasteiger partial charge in [-0.1, -0.05) is 0 Å². The third-order valence-electron chi connectivity index (χ3n) is 2.58. The first-order chi connectivity index (χ1) is 8.20. The minimum Gasteiger partial charge on any atom is -0.441 e. The molecule has 0 unspecified atom stereocenters. The third kappa shape index (κ3) is 2.71. The smallest absolute Gasteiger partial charge is 0.196 e. The summed E-state index contributed by atoms with van der Waals surface area (Å²) >= 11 is 0. The molecule has 1 aromatic heterocycles. The van der Waals surface area contributed by atoms with Gasteiger partial charge in [0.25, 0.3) is 0 Å². The van der Waals surface area contributed by atoms with Gasteiger partial charge in [0.1, 0.15) is 5.82 Å². The van der Waals surface area contributed by atoms with E-state index < -0.39 is 0 Å². The summed E-state index contributed by atoms with van der Waals surface area (Å²) in [5.41, 5.74) is 1.46. The van der Waals surface area contributed by atoms with Gasteiger partial charge in [0.05, 0.1) is 6.20 Å². The maximum absolute atomic E-state index is 13.1. The van der Waals surface area contributed by atoms with Crippen LogP contribution in [-0.4, -0.2) is 18.6 Å². The zero-order valence-electron chi connectivity index (χ0n) is 9.96. The Labute approximate surface area is 99.7 Å². The number of oxazole rings is 1. The number of nitrogens with one attached hydrogen (secondary N) is 1. The molecular weight excluding hydrogens is 219 g/mol. The lowest BCUT2D eigenvalue weighted by molar-refractivity contribution is 0.500. The zero-order valence-corrected chi connectivity index (χ0v) is 9.96. The monoisotopic (exact) mass is 234 g/mol. The van der Waals surface area contributed by atoms with Crippen LogP contribution in [0.25, 0.3) is 11.3 Å². The van der Waals surface area contributed by atoms with Crippen molar-refractivity contribution in [2.45, 2.75) is 13.3 Å². The van der Waals surface area contributed by atoms with Crippen LogP contribution in [0.2, 0.25) is 0 Å². The van der Waals surface area contributed by atoms with E-state index in [-0.39, 0.29) is 5.82 Å².